The molecule has 2 N–H and O–H groups in total. The normalized spacial score (nSPS) is 17.2. The number of piperidine rings is 1. The summed E-state index contributed by atoms with van der Waals surface area (Å²) >= 11 is 0. The quantitative estimate of drug-likeness (QED) is 0.314. The number of hydrogen-bond donors (Lipinski definition) is 1. The predicted octanol–water partition coefficient (Wildman–Crippen LogP) is -0.356. The average Bonchev–Trinajstić information content (AvgIpc) is 2.35. The van der Waals surface area contributed by atoms with E-state index in [9.17, 15) is 19.7 Å². The van der Waals surface area contributed by atoms with Crippen molar-refractivity contribution in [2.45, 2.75) is 32.1 Å². The van der Waals surface area contributed by atoms with Crippen molar-refractivity contribution in [3.8, 4) is 0 Å². The third kappa shape index (κ3) is 5.69. The molecule has 0 aromatic heterocycles. The lowest BCUT2D eigenvalue weighted by molar-refractivity contribution is -0.777. The summed E-state index contributed by atoms with van der Waals surface area (Å²) in [7, 11) is 0. The molecule has 10 nitrogen and oxygen atoms in total. The van der Waals surface area contributed by atoms with Gasteiger partial charge in [-0.05, 0) is 19.8 Å². The Hall–Kier alpha value is -2.10. The van der Waals surface area contributed by atoms with Crippen molar-refractivity contribution in [1.82, 2.24) is 4.90 Å². The van der Waals surface area contributed by atoms with E-state index in [-0.39, 0.29) is 11.9 Å². The van der Waals surface area contributed by atoms with Gasteiger partial charge < -0.3 is 20.1 Å². The number of carbonyl (C=O) groups excluding carboxylic acids is 2. The second-order valence-corrected chi connectivity index (χ2v) is 4.27. The monoisotopic (exact) mass is 291 g/mol. The lowest BCUT2D eigenvalue weighted by atomic mass is 10.1. The number of carbonyl (C=O) groups is 2. The fourth-order valence-corrected chi connectivity index (χ4v) is 1.67. The maximum atomic E-state index is 11.7. The molecule has 1 saturated heterocycles. The van der Waals surface area contributed by atoms with Gasteiger partial charge in [0.2, 0.25) is 6.29 Å². The first-order valence-electron chi connectivity index (χ1n) is 6.06. The number of hydrogen-bond acceptors (Lipinski definition) is 8. The molecule has 1 aliphatic rings. The van der Waals surface area contributed by atoms with Crippen LogP contribution in [0.3, 0.4) is 0 Å². The Kier molecular flexibility index (Phi) is 5.97. The van der Waals surface area contributed by atoms with Crippen LogP contribution >= 0.6 is 0 Å². The molecule has 1 fully saturated rings. The molecule has 20 heavy (non-hydrogen) atoms. The van der Waals surface area contributed by atoms with Crippen LogP contribution in [0, 0.1) is 10.1 Å². The standard InChI is InChI=1S/C10H17N3O7/c1-7(20-13(16)17)19-10(15)18-6-9(14)12-4-2-8(11)3-5-12/h7-8H,2-6,11H2,1H3. The molecule has 114 valence electrons. The van der Waals surface area contributed by atoms with Crippen LogP contribution < -0.4 is 5.73 Å². The molecule has 0 aromatic carbocycles. The largest absolute Gasteiger partial charge is 0.510 e. The molecule has 0 spiro atoms. The van der Waals surface area contributed by atoms with Gasteiger partial charge in [-0.25, -0.2) is 4.79 Å². The van der Waals surface area contributed by atoms with Crippen molar-refractivity contribution in [1.29, 1.82) is 0 Å². The van der Waals surface area contributed by atoms with E-state index >= 15 is 0 Å². The highest BCUT2D eigenvalue weighted by atomic mass is 17.0. The molecule has 1 aliphatic heterocycles. The summed E-state index contributed by atoms with van der Waals surface area (Å²) in [5.41, 5.74) is 5.70. The summed E-state index contributed by atoms with van der Waals surface area (Å²) in [6.45, 7) is 1.69. The lowest BCUT2D eigenvalue weighted by Crippen LogP contribution is -2.44. The molecule has 0 saturated carbocycles. The zero-order valence-corrected chi connectivity index (χ0v) is 11.0. The highest BCUT2D eigenvalue weighted by molar-refractivity contribution is 5.79. The molecule has 1 rings (SSSR count). The van der Waals surface area contributed by atoms with Gasteiger partial charge in [-0.1, -0.05) is 0 Å². The summed E-state index contributed by atoms with van der Waals surface area (Å²) in [5, 5.41) is 8.87. The van der Waals surface area contributed by atoms with Crippen molar-refractivity contribution in [2.24, 2.45) is 5.73 Å². The van der Waals surface area contributed by atoms with Gasteiger partial charge in [0.25, 0.3) is 11.0 Å². The Morgan fingerprint density at radius 3 is 2.60 bits per heavy atom. The zero-order chi connectivity index (χ0) is 15.1. The molecular formula is C10H17N3O7. The van der Waals surface area contributed by atoms with Gasteiger partial charge in [0.15, 0.2) is 6.61 Å². The SMILES string of the molecule is CC(OC(=O)OCC(=O)N1CCC(N)CC1)O[N+](=O)[O-]. The number of ether oxygens (including phenoxy) is 2. The second-order valence-electron chi connectivity index (χ2n) is 4.27. The first-order chi connectivity index (χ1) is 9.38. The highest BCUT2D eigenvalue weighted by Crippen LogP contribution is 2.08. The summed E-state index contributed by atoms with van der Waals surface area (Å²) < 4.78 is 8.95. The van der Waals surface area contributed by atoms with Crippen molar-refractivity contribution >= 4 is 12.1 Å². The zero-order valence-electron chi connectivity index (χ0n) is 11.0. The minimum atomic E-state index is -1.40. The molecule has 10 heteroatoms. The lowest BCUT2D eigenvalue weighted by Gasteiger charge is -2.29. The van der Waals surface area contributed by atoms with E-state index in [1.165, 1.54) is 4.90 Å². The van der Waals surface area contributed by atoms with E-state index in [2.05, 4.69) is 14.3 Å². The number of amides is 1. The number of rotatable bonds is 5. The van der Waals surface area contributed by atoms with Gasteiger partial charge >= 0.3 is 6.16 Å². The Morgan fingerprint density at radius 1 is 1.45 bits per heavy atom. The summed E-state index contributed by atoms with van der Waals surface area (Å²) in [6, 6.07) is 0.0880. The predicted molar refractivity (Wildman–Crippen MR) is 63.8 cm³/mol. The van der Waals surface area contributed by atoms with Gasteiger partial charge in [-0.3, -0.25) is 9.63 Å². The maximum absolute atomic E-state index is 11.7. The Morgan fingerprint density at radius 2 is 2.05 bits per heavy atom. The molecule has 0 bridgehead atoms. The van der Waals surface area contributed by atoms with Crippen molar-refractivity contribution in [3.05, 3.63) is 10.1 Å². The minimum absolute atomic E-state index is 0.0880. The molecule has 1 heterocycles. The van der Waals surface area contributed by atoms with E-state index in [0.29, 0.717) is 25.9 Å². The van der Waals surface area contributed by atoms with Crippen LogP contribution in [-0.4, -0.2) is 54.1 Å². The maximum Gasteiger partial charge on any atom is 0.510 e. The third-order valence-electron chi connectivity index (χ3n) is 2.70. The van der Waals surface area contributed by atoms with Crippen LogP contribution in [0.2, 0.25) is 0 Å². The van der Waals surface area contributed by atoms with E-state index in [1.807, 2.05) is 0 Å². The Bertz CT molecular complexity index is 368. The molecular weight excluding hydrogens is 274 g/mol. The van der Waals surface area contributed by atoms with Crippen molar-refractivity contribution < 1.29 is 29.0 Å². The number of likely N-dealkylation sites (tertiary alicyclic amines) is 1. The van der Waals surface area contributed by atoms with Crippen molar-refractivity contribution in [3.63, 3.8) is 0 Å². The Labute approximate surface area is 114 Å². The Balaban J connectivity index is 2.23. The van der Waals surface area contributed by atoms with Crippen LogP contribution in [0.5, 0.6) is 0 Å². The fraction of sp³-hybridized carbons (Fsp3) is 0.800. The van der Waals surface area contributed by atoms with Crippen LogP contribution in [0.4, 0.5) is 4.79 Å². The van der Waals surface area contributed by atoms with Crippen LogP contribution in [0.15, 0.2) is 0 Å². The molecule has 1 unspecified atom stereocenters. The van der Waals surface area contributed by atoms with Gasteiger partial charge in [-0.15, -0.1) is 10.1 Å². The van der Waals surface area contributed by atoms with Crippen molar-refractivity contribution in [2.75, 3.05) is 19.7 Å². The van der Waals surface area contributed by atoms with E-state index in [0.717, 1.165) is 6.92 Å². The minimum Gasteiger partial charge on any atom is -0.424 e. The smallest absolute Gasteiger partial charge is 0.424 e. The van der Waals surface area contributed by atoms with Crippen LogP contribution in [0.1, 0.15) is 19.8 Å². The topological polar surface area (TPSA) is 134 Å². The molecule has 1 atom stereocenters. The van der Waals surface area contributed by atoms with Crippen LogP contribution in [0.25, 0.3) is 0 Å². The summed E-state index contributed by atoms with van der Waals surface area (Å²) in [4.78, 5) is 38.3. The fourth-order valence-electron chi connectivity index (χ4n) is 1.67. The third-order valence-corrected chi connectivity index (χ3v) is 2.70. The highest BCUT2D eigenvalue weighted by Gasteiger charge is 2.22. The molecule has 1 amide bonds. The summed E-state index contributed by atoms with van der Waals surface area (Å²) in [6.07, 6.45) is -1.21. The molecule has 0 aliphatic carbocycles. The first-order valence-corrected chi connectivity index (χ1v) is 6.06. The molecule has 0 radical (unpaired) electrons. The van der Waals surface area contributed by atoms with Crippen LogP contribution in [-0.2, 0) is 19.1 Å². The van der Waals surface area contributed by atoms with Gasteiger partial charge in [-0.2, -0.15) is 0 Å². The van der Waals surface area contributed by atoms with E-state index in [1.54, 1.807) is 0 Å². The van der Waals surface area contributed by atoms with Gasteiger partial charge in [0, 0.05) is 19.1 Å². The number of nitrogens with zero attached hydrogens (tertiary/aromatic N) is 2. The number of nitrogens with two attached hydrogens (primary N) is 1. The summed E-state index contributed by atoms with van der Waals surface area (Å²) in [5.74, 6) is -0.364. The van der Waals surface area contributed by atoms with Gasteiger partial charge in [0.05, 0.1) is 0 Å². The van der Waals surface area contributed by atoms with E-state index < -0.39 is 24.1 Å². The first kappa shape index (κ1) is 16.0. The average molecular weight is 291 g/mol. The molecule has 0 aromatic rings. The van der Waals surface area contributed by atoms with E-state index in [4.69, 9.17) is 5.73 Å². The second kappa shape index (κ2) is 7.48. The van der Waals surface area contributed by atoms with Gasteiger partial charge in [0.1, 0.15) is 0 Å².